The van der Waals surface area contributed by atoms with E-state index in [1.807, 2.05) is 73.7 Å². The number of aryl methyl sites for hydroxylation is 1. The first-order chi connectivity index (χ1) is 13.2. The summed E-state index contributed by atoms with van der Waals surface area (Å²) in [5.41, 5.74) is 2.36. The molecule has 0 spiro atoms. The van der Waals surface area contributed by atoms with Crippen molar-refractivity contribution in [3.63, 3.8) is 0 Å². The normalized spacial score (nSPS) is 11.9. The lowest BCUT2D eigenvalue weighted by Gasteiger charge is -2.20. The van der Waals surface area contributed by atoms with Crippen LogP contribution in [0, 0.1) is 6.92 Å². The molecule has 4 aromatic rings. The summed E-state index contributed by atoms with van der Waals surface area (Å²) >= 11 is 0. The number of fused-ring (bicyclic) bond motifs is 1. The van der Waals surface area contributed by atoms with Crippen molar-refractivity contribution in [3.05, 3.63) is 84.3 Å². The van der Waals surface area contributed by atoms with Crippen LogP contribution < -0.4 is 10.6 Å². The second kappa shape index (κ2) is 7.25. The summed E-state index contributed by atoms with van der Waals surface area (Å²) in [7, 11) is 0. The van der Waals surface area contributed by atoms with E-state index >= 15 is 0 Å². The smallest absolute Gasteiger partial charge is 0.254 e. The highest BCUT2D eigenvalue weighted by Gasteiger charge is 2.22. The van der Waals surface area contributed by atoms with Crippen LogP contribution in [0.5, 0.6) is 0 Å². The summed E-state index contributed by atoms with van der Waals surface area (Å²) in [6.45, 7) is 1.88. The van der Waals surface area contributed by atoms with Crippen molar-refractivity contribution < 1.29 is 4.79 Å². The van der Waals surface area contributed by atoms with Gasteiger partial charge in [0.15, 0.2) is 0 Å². The average Bonchev–Trinajstić information content (AvgIpc) is 3.16. The Kier molecular flexibility index (Phi) is 4.49. The number of carbonyl (C=O) groups excluding carboxylic acids is 1. The number of nitrogens with zero attached hydrogens (tertiary/aromatic N) is 4. The van der Waals surface area contributed by atoms with E-state index < -0.39 is 6.04 Å². The lowest BCUT2D eigenvalue weighted by Crippen LogP contribution is -2.28. The van der Waals surface area contributed by atoms with Crippen molar-refractivity contribution in [2.75, 3.05) is 10.6 Å². The molecule has 134 valence electrons. The lowest BCUT2D eigenvalue weighted by atomic mass is 10.1. The second-order valence-corrected chi connectivity index (χ2v) is 6.10. The van der Waals surface area contributed by atoms with Crippen LogP contribution in [0.15, 0.2) is 73.1 Å². The van der Waals surface area contributed by atoms with Crippen molar-refractivity contribution >= 4 is 23.2 Å². The highest BCUT2D eigenvalue weighted by Crippen LogP contribution is 2.22. The number of benzene rings is 2. The van der Waals surface area contributed by atoms with Crippen LogP contribution in [-0.4, -0.2) is 25.5 Å². The maximum Gasteiger partial charge on any atom is 0.254 e. The minimum atomic E-state index is -0.611. The van der Waals surface area contributed by atoms with Gasteiger partial charge in [0.2, 0.25) is 0 Å². The Morgan fingerprint density at radius 2 is 1.74 bits per heavy atom. The zero-order chi connectivity index (χ0) is 18.6. The SMILES string of the molecule is Cc1cc(NC(C(=O)Nc2ccccc2)c2ccccc2)n2ncnc2n1. The van der Waals surface area contributed by atoms with Gasteiger partial charge in [-0.05, 0) is 24.6 Å². The maximum atomic E-state index is 13.0. The summed E-state index contributed by atoms with van der Waals surface area (Å²) < 4.78 is 1.58. The minimum Gasteiger partial charge on any atom is -0.355 e. The molecule has 0 saturated heterocycles. The topological polar surface area (TPSA) is 84.2 Å². The van der Waals surface area contributed by atoms with Gasteiger partial charge in [0.1, 0.15) is 18.2 Å². The molecular weight excluding hydrogens is 340 g/mol. The number of para-hydroxylation sites is 1. The summed E-state index contributed by atoms with van der Waals surface area (Å²) in [5, 5.41) is 10.4. The van der Waals surface area contributed by atoms with Crippen LogP contribution in [0.1, 0.15) is 17.3 Å². The van der Waals surface area contributed by atoms with Crippen LogP contribution in [-0.2, 0) is 4.79 Å². The molecule has 0 aliphatic carbocycles. The Morgan fingerprint density at radius 3 is 2.48 bits per heavy atom. The number of rotatable bonds is 5. The zero-order valence-electron chi connectivity index (χ0n) is 14.7. The van der Waals surface area contributed by atoms with Gasteiger partial charge in [-0.3, -0.25) is 4.79 Å². The number of amides is 1. The van der Waals surface area contributed by atoms with Crippen LogP contribution in [0.25, 0.3) is 5.78 Å². The fourth-order valence-corrected chi connectivity index (χ4v) is 2.86. The molecule has 7 heteroatoms. The van der Waals surface area contributed by atoms with E-state index in [1.165, 1.54) is 6.33 Å². The van der Waals surface area contributed by atoms with E-state index in [9.17, 15) is 4.79 Å². The quantitative estimate of drug-likeness (QED) is 0.572. The van der Waals surface area contributed by atoms with E-state index in [2.05, 4.69) is 25.7 Å². The van der Waals surface area contributed by atoms with E-state index in [-0.39, 0.29) is 5.91 Å². The highest BCUT2D eigenvalue weighted by molar-refractivity contribution is 5.97. The van der Waals surface area contributed by atoms with Crippen molar-refractivity contribution in [2.45, 2.75) is 13.0 Å². The summed E-state index contributed by atoms with van der Waals surface area (Å²) in [6.07, 6.45) is 1.44. The first kappa shape index (κ1) is 16.7. The molecule has 0 saturated carbocycles. The van der Waals surface area contributed by atoms with Gasteiger partial charge in [-0.2, -0.15) is 14.6 Å². The molecule has 7 nitrogen and oxygen atoms in total. The first-order valence-electron chi connectivity index (χ1n) is 8.55. The fraction of sp³-hybridized carbons (Fsp3) is 0.100. The predicted molar refractivity (Wildman–Crippen MR) is 103 cm³/mol. The summed E-state index contributed by atoms with van der Waals surface area (Å²) in [5.74, 6) is 0.954. The van der Waals surface area contributed by atoms with E-state index in [0.717, 1.165) is 16.9 Å². The highest BCUT2D eigenvalue weighted by atomic mass is 16.2. The van der Waals surface area contributed by atoms with Gasteiger partial charge >= 0.3 is 0 Å². The Hall–Kier alpha value is -3.74. The van der Waals surface area contributed by atoms with Crippen molar-refractivity contribution in [2.24, 2.45) is 0 Å². The maximum absolute atomic E-state index is 13.0. The summed E-state index contributed by atoms with van der Waals surface area (Å²) in [6, 6.07) is 20.2. The number of hydrogen-bond donors (Lipinski definition) is 2. The third-order valence-electron chi connectivity index (χ3n) is 4.11. The van der Waals surface area contributed by atoms with Gasteiger partial charge in [-0.15, -0.1) is 0 Å². The molecule has 2 aromatic carbocycles. The molecule has 0 fully saturated rings. The van der Waals surface area contributed by atoms with Gasteiger partial charge in [0, 0.05) is 17.4 Å². The first-order valence-corrected chi connectivity index (χ1v) is 8.55. The molecule has 4 rings (SSSR count). The molecule has 0 aliphatic heterocycles. The molecule has 1 unspecified atom stereocenters. The van der Waals surface area contributed by atoms with E-state index in [4.69, 9.17) is 0 Å². The van der Waals surface area contributed by atoms with Crippen LogP contribution in [0.2, 0.25) is 0 Å². The van der Waals surface area contributed by atoms with Gasteiger partial charge < -0.3 is 10.6 Å². The van der Waals surface area contributed by atoms with Gasteiger partial charge in [-0.1, -0.05) is 48.5 Å². The van der Waals surface area contributed by atoms with Crippen LogP contribution >= 0.6 is 0 Å². The molecule has 27 heavy (non-hydrogen) atoms. The Labute approximate surface area is 156 Å². The largest absolute Gasteiger partial charge is 0.355 e. The molecule has 0 bridgehead atoms. The van der Waals surface area contributed by atoms with Crippen molar-refractivity contribution in [1.29, 1.82) is 0 Å². The third kappa shape index (κ3) is 3.62. The molecule has 2 aromatic heterocycles. The van der Waals surface area contributed by atoms with Crippen molar-refractivity contribution in [3.8, 4) is 0 Å². The monoisotopic (exact) mass is 358 g/mol. The molecule has 2 N–H and O–H groups in total. The predicted octanol–water partition coefficient (Wildman–Crippen LogP) is 3.22. The molecule has 0 aliphatic rings. The molecular formula is C20H18N6O. The molecule has 1 atom stereocenters. The zero-order valence-corrected chi connectivity index (χ0v) is 14.7. The average molecular weight is 358 g/mol. The van der Waals surface area contributed by atoms with Crippen LogP contribution in [0.3, 0.4) is 0 Å². The second-order valence-electron chi connectivity index (χ2n) is 6.10. The van der Waals surface area contributed by atoms with E-state index in [1.54, 1.807) is 4.52 Å². The number of anilines is 2. The fourth-order valence-electron chi connectivity index (χ4n) is 2.86. The number of aromatic nitrogens is 4. The third-order valence-corrected chi connectivity index (χ3v) is 4.11. The van der Waals surface area contributed by atoms with Gasteiger partial charge in [0.05, 0.1) is 0 Å². The number of hydrogen-bond acceptors (Lipinski definition) is 5. The van der Waals surface area contributed by atoms with Crippen LogP contribution in [0.4, 0.5) is 11.5 Å². The number of nitrogens with one attached hydrogen (secondary N) is 2. The standard InChI is InChI=1S/C20H18N6O/c1-14-12-17(26-20(23-14)21-13-22-26)25-18(15-8-4-2-5-9-15)19(27)24-16-10-6-3-7-11-16/h2-13,18,25H,1H3,(H,24,27). The molecule has 0 radical (unpaired) electrons. The van der Waals surface area contributed by atoms with Gasteiger partial charge in [-0.25, -0.2) is 4.98 Å². The Morgan fingerprint density at radius 1 is 1.04 bits per heavy atom. The Balaban J connectivity index is 1.70. The van der Waals surface area contributed by atoms with E-state index in [0.29, 0.717) is 11.6 Å². The lowest BCUT2D eigenvalue weighted by molar-refractivity contribution is -0.117. The minimum absolute atomic E-state index is 0.171. The molecule has 2 heterocycles. The Bertz CT molecular complexity index is 1060. The summed E-state index contributed by atoms with van der Waals surface area (Å²) in [4.78, 5) is 21.5. The molecule has 1 amide bonds. The van der Waals surface area contributed by atoms with Crippen molar-refractivity contribution in [1.82, 2.24) is 19.6 Å². The number of carbonyl (C=O) groups is 1. The van der Waals surface area contributed by atoms with Gasteiger partial charge in [0.25, 0.3) is 11.7 Å².